The molecule has 23 heavy (non-hydrogen) atoms. The van der Waals surface area contributed by atoms with Gasteiger partial charge in [0.15, 0.2) is 11.5 Å². The van der Waals surface area contributed by atoms with Crippen molar-refractivity contribution in [1.29, 1.82) is 0 Å². The Morgan fingerprint density at radius 3 is 2.17 bits per heavy atom. The monoisotopic (exact) mass is 315 g/mol. The maximum Gasteiger partial charge on any atom is 0.251 e. The number of nitrogens with one attached hydrogen (secondary N) is 1. The zero-order chi connectivity index (χ0) is 16.7. The van der Waals surface area contributed by atoms with Gasteiger partial charge in [-0.2, -0.15) is 0 Å². The zero-order valence-electron chi connectivity index (χ0n) is 13.6. The maximum atomic E-state index is 12.2. The first kappa shape index (κ1) is 16.8. The minimum Gasteiger partial charge on any atom is -0.493 e. The van der Waals surface area contributed by atoms with Crippen LogP contribution in [-0.2, 0) is 17.9 Å². The van der Waals surface area contributed by atoms with Crippen molar-refractivity contribution in [2.45, 2.75) is 13.2 Å². The maximum absolute atomic E-state index is 12.2. The minimum atomic E-state index is -0.160. The summed E-state index contributed by atoms with van der Waals surface area (Å²) in [6, 6.07) is 13.0. The van der Waals surface area contributed by atoms with E-state index in [0.717, 1.165) is 11.1 Å². The molecule has 5 heteroatoms. The second-order valence-corrected chi connectivity index (χ2v) is 5.00. The molecule has 1 N–H and O–H groups in total. The Morgan fingerprint density at radius 2 is 1.57 bits per heavy atom. The van der Waals surface area contributed by atoms with Gasteiger partial charge in [0.25, 0.3) is 5.91 Å². The van der Waals surface area contributed by atoms with Crippen LogP contribution in [0.3, 0.4) is 0 Å². The molecule has 0 aliphatic heterocycles. The number of carbonyl (C=O) groups excluding carboxylic acids is 1. The lowest BCUT2D eigenvalue weighted by Gasteiger charge is -2.10. The predicted octanol–water partition coefficient (Wildman–Crippen LogP) is 2.78. The van der Waals surface area contributed by atoms with Gasteiger partial charge in [-0.3, -0.25) is 4.79 Å². The highest BCUT2D eigenvalue weighted by atomic mass is 16.5. The number of methoxy groups -OCH3 is 3. The lowest BCUT2D eigenvalue weighted by molar-refractivity contribution is 0.0950. The Hall–Kier alpha value is -2.53. The van der Waals surface area contributed by atoms with Crippen molar-refractivity contribution in [3.05, 3.63) is 59.2 Å². The molecule has 2 rings (SSSR count). The number of hydrogen-bond acceptors (Lipinski definition) is 4. The molecule has 0 heterocycles. The van der Waals surface area contributed by atoms with Crippen molar-refractivity contribution in [2.75, 3.05) is 21.3 Å². The van der Waals surface area contributed by atoms with Gasteiger partial charge >= 0.3 is 0 Å². The van der Waals surface area contributed by atoms with Gasteiger partial charge in [-0.25, -0.2) is 0 Å². The average molecular weight is 315 g/mol. The van der Waals surface area contributed by atoms with E-state index in [1.807, 2.05) is 24.3 Å². The van der Waals surface area contributed by atoms with Crippen LogP contribution in [0.4, 0.5) is 0 Å². The molecule has 2 aromatic carbocycles. The molecule has 5 nitrogen and oxygen atoms in total. The molecule has 0 radical (unpaired) electrons. The van der Waals surface area contributed by atoms with E-state index in [4.69, 9.17) is 14.2 Å². The summed E-state index contributed by atoms with van der Waals surface area (Å²) < 4.78 is 15.4. The van der Waals surface area contributed by atoms with E-state index in [-0.39, 0.29) is 5.91 Å². The Morgan fingerprint density at radius 1 is 0.913 bits per heavy atom. The highest BCUT2D eigenvalue weighted by molar-refractivity contribution is 5.94. The van der Waals surface area contributed by atoms with E-state index in [2.05, 4.69) is 5.32 Å². The van der Waals surface area contributed by atoms with Crippen LogP contribution in [0.15, 0.2) is 42.5 Å². The van der Waals surface area contributed by atoms with Crippen LogP contribution in [0.1, 0.15) is 21.5 Å². The average Bonchev–Trinajstić information content (AvgIpc) is 2.60. The molecule has 0 bridgehead atoms. The van der Waals surface area contributed by atoms with Crippen molar-refractivity contribution >= 4 is 5.91 Å². The van der Waals surface area contributed by atoms with Crippen LogP contribution < -0.4 is 14.8 Å². The summed E-state index contributed by atoms with van der Waals surface area (Å²) in [7, 11) is 4.77. The van der Waals surface area contributed by atoms with Gasteiger partial charge in [-0.15, -0.1) is 0 Å². The number of benzene rings is 2. The molecular formula is C18H21NO4. The molecule has 0 aromatic heterocycles. The summed E-state index contributed by atoms with van der Waals surface area (Å²) in [4.78, 5) is 12.2. The number of amides is 1. The first-order valence-corrected chi connectivity index (χ1v) is 7.25. The van der Waals surface area contributed by atoms with Crippen molar-refractivity contribution in [3.63, 3.8) is 0 Å². The fourth-order valence-electron chi connectivity index (χ4n) is 2.18. The quantitative estimate of drug-likeness (QED) is 0.853. The number of rotatable bonds is 7. The fourth-order valence-corrected chi connectivity index (χ4v) is 2.18. The Labute approximate surface area is 136 Å². The number of ether oxygens (including phenoxy) is 3. The zero-order valence-corrected chi connectivity index (χ0v) is 13.6. The molecule has 0 fully saturated rings. The summed E-state index contributed by atoms with van der Waals surface area (Å²) in [5.41, 5.74) is 2.65. The van der Waals surface area contributed by atoms with E-state index in [1.165, 1.54) is 0 Å². The van der Waals surface area contributed by atoms with Crippen molar-refractivity contribution < 1.29 is 19.0 Å². The molecule has 0 aliphatic rings. The van der Waals surface area contributed by atoms with Gasteiger partial charge < -0.3 is 19.5 Å². The topological polar surface area (TPSA) is 56.8 Å². The third-order valence-corrected chi connectivity index (χ3v) is 3.43. The highest BCUT2D eigenvalue weighted by Gasteiger charge is 2.10. The number of hydrogen-bond donors (Lipinski definition) is 1. The molecule has 0 unspecified atom stereocenters. The van der Waals surface area contributed by atoms with E-state index >= 15 is 0 Å². The standard InChI is InChI=1S/C18H21NO4/c1-21-12-14-6-4-13(5-7-14)11-19-18(20)15-8-9-16(22-2)17(10-15)23-3/h4-10H,11-12H2,1-3H3,(H,19,20). The van der Waals surface area contributed by atoms with Gasteiger partial charge in [0.2, 0.25) is 0 Å². The molecule has 122 valence electrons. The summed E-state index contributed by atoms with van der Waals surface area (Å²) in [5, 5.41) is 2.89. The molecule has 0 saturated heterocycles. The van der Waals surface area contributed by atoms with Crippen LogP contribution >= 0.6 is 0 Å². The van der Waals surface area contributed by atoms with Crippen LogP contribution in [-0.4, -0.2) is 27.2 Å². The highest BCUT2D eigenvalue weighted by Crippen LogP contribution is 2.27. The molecule has 2 aromatic rings. The SMILES string of the molecule is COCc1ccc(CNC(=O)c2ccc(OC)c(OC)c2)cc1. The van der Waals surface area contributed by atoms with Crippen LogP contribution in [0.25, 0.3) is 0 Å². The summed E-state index contributed by atoms with van der Waals surface area (Å²) >= 11 is 0. The largest absolute Gasteiger partial charge is 0.493 e. The summed E-state index contributed by atoms with van der Waals surface area (Å²) in [6.07, 6.45) is 0. The molecule has 0 saturated carbocycles. The second kappa shape index (κ2) is 8.19. The van der Waals surface area contributed by atoms with E-state index in [9.17, 15) is 4.79 Å². The summed E-state index contributed by atoms with van der Waals surface area (Å²) in [6.45, 7) is 1.04. The predicted molar refractivity (Wildman–Crippen MR) is 87.9 cm³/mol. The van der Waals surface area contributed by atoms with Gasteiger partial charge in [-0.05, 0) is 29.3 Å². The van der Waals surface area contributed by atoms with Crippen molar-refractivity contribution in [2.24, 2.45) is 0 Å². The molecular weight excluding hydrogens is 294 g/mol. The van der Waals surface area contributed by atoms with Gasteiger partial charge in [0, 0.05) is 19.2 Å². The van der Waals surface area contributed by atoms with E-state index in [1.54, 1.807) is 39.5 Å². The first-order valence-electron chi connectivity index (χ1n) is 7.25. The molecule has 0 atom stereocenters. The van der Waals surface area contributed by atoms with Crippen molar-refractivity contribution in [3.8, 4) is 11.5 Å². The van der Waals surface area contributed by atoms with Gasteiger partial charge in [0.05, 0.1) is 20.8 Å². The molecule has 1 amide bonds. The third kappa shape index (κ3) is 4.47. The van der Waals surface area contributed by atoms with E-state index in [0.29, 0.717) is 30.2 Å². The van der Waals surface area contributed by atoms with E-state index < -0.39 is 0 Å². The van der Waals surface area contributed by atoms with Crippen LogP contribution in [0.2, 0.25) is 0 Å². The minimum absolute atomic E-state index is 0.160. The van der Waals surface area contributed by atoms with Gasteiger partial charge in [-0.1, -0.05) is 24.3 Å². The van der Waals surface area contributed by atoms with Crippen LogP contribution in [0, 0.1) is 0 Å². The lowest BCUT2D eigenvalue weighted by atomic mass is 10.1. The lowest BCUT2D eigenvalue weighted by Crippen LogP contribution is -2.22. The first-order chi connectivity index (χ1) is 11.2. The Kier molecular flexibility index (Phi) is 6.00. The van der Waals surface area contributed by atoms with Crippen molar-refractivity contribution in [1.82, 2.24) is 5.32 Å². The Balaban J connectivity index is 1.99. The van der Waals surface area contributed by atoms with Crippen LogP contribution in [0.5, 0.6) is 11.5 Å². The summed E-state index contributed by atoms with van der Waals surface area (Å²) in [5.74, 6) is 0.966. The molecule has 0 aliphatic carbocycles. The fraction of sp³-hybridized carbons (Fsp3) is 0.278. The Bertz CT molecular complexity index is 653. The normalized spacial score (nSPS) is 10.2. The smallest absolute Gasteiger partial charge is 0.251 e. The molecule has 0 spiro atoms. The second-order valence-electron chi connectivity index (χ2n) is 5.00. The van der Waals surface area contributed by atoms with Gasteiger partial charge in [0.1, 0.15) is 0 Å². The third-order valence-electron chi connectivity index (χ3n) is 3.43. The number of carbonyl (C=O) groups is 1.